The summed E-state index contributed by atoms with van der Waals surface area (Å²) in [5.41, 5.74) is 2.40. The SMILES string of the molecule is Cc1ccc(Cl)cc1NC(=O)CSc1nc2sc(C)c(C)c2c(=O)n1Cc1ccco1. The molecule has 6 nitrogen and oxygen atoms in total. The van der Waals surface area contributed by atoms with Gasteiger partial charge in [-0.05, 0) is 56.2 Å². The van der Waals surface area contributed by atoms with Crippen molar-refractivity contribution >= 4 is 56.5 Å². The molecule has 0 unspecified atom stereocenters. The summed E-state index contributed by atoms with van der Waals surface area (Å²) < 4.78 is 7.01. The minimum atomic E-state index is -0.201. The summed E-state index contributed by atoms with van der Waals surface area (Å²) in [6.45, 7) is 6.06. The molecular formula is C22H20ClN3O3S2. The Labute approximate surface area is 192 Å². The van der Waals surface area contributed by atoms with Gasteiger partial charge in [0.25, 0.3) is 5.56 Å². The van der Waals surface area contributed by atoms with Gasteiger partial charge in [-0.25, -0.2) is 4.98 Å². The van der Waals surface area contributed by atoms with Crippen molar-refractivity contribution in [2.45, 2.75) is 32.5 Å². The van der Waals surface area contributed by atoms with E-state index in [-0.39, 0.29) is 23.8 Å². The fourth-order valence-electron chi connectivity index (χ4n) is 3.16. The maximum absolute atomic E-state index is 13.3. The van der Waals surface area contributed by atoms with Gasteiger partial charge in [0.15, 0.2) is 5.16 Å². The monoisotopic (exact) mass is 473 g/mol. The van der Waals surface area contributed by atoms with Crippen LogP contribution in [0.5, 0.6) is 0 Å². The Bertz CT molecular complexity index is 1330. The van der Waals surface area contributed by atoms with E-state index in [0.717, 1.165) is 16.0 Å². The number of carbonyl (C=O) groups is 1. The van der Waals surface area contributed by atoms with Gasteiger partial charge in [-0.2, -0.15) is 0 Å². The number of nitrogens with one attached hydrogen (secondary N) is 1. The average molecular weight is 474 g/mol. The number of nitrogens with zero attached hydrogens (tertiary/aromatic N) is 2. The predicted octanol–water partition coefficient (Wildman–Crippen LogP) is 5.41. The first-order valence-corrected chi connectivity index (χ1v) is 11.7. The van der Waals surface area contributed by atoms with E-state index in [1.54, 1.807) is 29.0 Å². The van der Waals surface area contributed by atoms with Crippen molar-refractivity contribution in [3.63, 3.8) is 0 Å². The Kier molecular flexibility index (Phi) is 6.22. The third-order valence-electron chi connectivity index (χ3n) is 4.95. The second kappa shape index (κ2) is 8.90. The molecule has 1 N–H and O–H groups in total. The molecule has 0 saturated heterocycles. The number of rotatable bonds is 6. The molecular weight excluding hydrogens is 454 g/mol. The summed E-state index contributed by atoms with van der Waals surface area (Å²) in [4.78, 5) is 32.3. The Hall–Kier alpha value is -2.55. The maximum Gasteiger partial charge on any atom is 0.263 e. The zero-order chi connectivity index (χ0) is 22.1. The largest absolute Gasteiger partial charge is 0.467 e. The van der Waals surface area contributed by atoms with Crippen molar-refractivity contribution in [1.82, 2.24) is 9.55 Å². The summed E-state index contributed by atoms with van der Waals surface area (Å²) >= 11 is 8.75. The highest BCUT2D eigenvalue weighted by molar-refractivity contribution is 7.99. The van der Waals surface area contributed by atoms with E-state index in [1.165, 1.54) is 23.1 Å². The lowest BCUT2D eigenvalue weighted by molar-refractivity contribution is -0.113. The van der Waals surface area contributed by atoms with E-state index >= 15 is 0 Å². The number of carbonyl (C=O) groups excluding carboxylic acids is 1. The first-order valence-electron chi connectivity index (χ1n) is 9.55. The van der Waals surface area contributed by atoms with Crippen molar-refractivity contribution in [2.75, 3.05) is 11.1 Å². The van der Waals surface area contributed by atoms with Gasteiger partial charge < -0.3 is 9.73 Å². The van der Waals surface area contributed by atoms with Gasteiger partial charge in [-0.15, -0.1) is 11.3 Å². The van der Waals surface area contributed by atoms with Crippen LogP contribution in [0.25, 0.3) is 10.2 Å². The number of furan rings is 1. The Morgan fingerprint density at radius 1 is 1.29 bits per heavy atom. The van der Waals surface area contributed by atoms with Gasteiger partial charge in [0.05, 0.1) is 23.9 Å². The molecule has 0 aliphatic heterocycles. The lowest BCUT2D eigenvalue weighted by Gasteiger charge is -2.12. The number of fused-ring (bicyclic) bond motifs is 1. The topological polar surface area (TPSA) is 77.1 Å². The van der Waals surface area contributed by atoms with Crippen molar-refractivity contribution in [3.8, 4) is 0 Å². The second-order valence-corrected chi connectivity index (χ2v) is 9.71. The Morgan fingerprint density at radius 2 is 2.10 bits per heavy atom. The van der Waals surface area contributed by atoms with Crippen LogP contribution in [0.1, 0.15) is 21.8 Å². The molecule has 31 heavy (non-hydrogen) atoms. The molecule has 0 radical (unpaired) electrons. The molecule has 1 aromatic carbocycles. The molecule has 0 fully saturated rings. The zero-order valence-electron chi connectivity index (χ0n) is 17.2. The Balaban J connectivity index is 1.63. The highest BCUT2D eigenvalue weighted by atomic mass is 35.5. The van der Waals surface area contributed by atoms with Crippen LogP contribution in [0.4, 0.5) is 5.69 Å². The fourth-order valence-corrected chi connectivity index (χ4v) is 5.20. The third kappa shape index (κ3) is 4.56. The third-order valence-corrected chi connectivity index (χ3v) is 7.27. The normalized spacial score (nSPS) is 11.2. The first-order chi connectivity index (χ1) is 14.8. The van der Waals surface area contributed by atoms with Crippen molar-refractivity contribution in [1.29, 1.82) is 0 Å². The molecule has 0 saturated carbocycles. The summed E-state index contributed by atoms with van der Waals surface area (Å²) in [7, 11) is 0. The van der Waals surface area contributed by atoms with Crippen LogP contribution in [-0.4, -0.2) is 21.2 Å². The smallest absolute Gasteiger partial charge is 0.263 e. The van der Waals surface area contributed by atoms with E-state index in [2.05, 4.69) is 5.32 Å². The highest BCUT2D eigenvalue weighted by Gasteiger charge is 2.18. The number of hydrogen-bond acceptors (Lipinski definition) is 6. The van der Waals surface area contributed by atoms with Crippen molar-refractivity contribution < 1.29 is 9.21 Å². The number of thiophene rings is 1. The molecule has 9 heteroatoms. The van der Waals surface area contributed by atoms with E-state index < -0.39 is 0 Å². The van der Waals surface area contributed by atoms with E-state index in [0.29, 0.717) is 31.8 Å². The summed E-state index contributed by atoms with van der Waals surface area (Å²) in [6, 6.07) is 8.93. The molecule has 3 aromatic heterocycles. The maximum atomic E-state index is 13.3. The van der Waals surface area contributed by atoms with Crippen LogP contribution in [-0.2, 0) is 11.3 Å². The van der Waals surface area contributed by atoms with Crippen LogP contribution in [0.15, 0.2) is 51.0 Å². The van der Waals surface area contributed by atoms with Gasteiger partial charge in [-0.3, -0.25) is 14.2 Å². The number of halogens is 1. The number of amides is 1. The van der Waals surface area contributed by atoms with Gasteiger partial charge >= 0.3 is 0 Å². The first kappa shape index (κ1) is 21.7. The average Bonchev–Trinajstić information content (AvgIpc) is 3.34. The van der Waals surface area contributed by atoms with E-state index in [9.17, 15) is 9.59 Å². The summed E-state index contributed by atoms with van der Waals surface area (Å²) in [5, 5.41) is 4.53. The minimum absolute atomic E-state index is 0.103. The molecule has 0 spiro atoms. The fraction of sp³-hybridized carbons (Fsp3) is 0.227. The van der Waals surface area contributed by atoms with E-state index in [1.807, 2.05) is 32.9 Å². The predicted molar refractivity (Wildman–Crippen MR) is 127 cm³/mol. The highest BCUT2D eigenvalue weighted by Crippen LogP contribution is 2.29. The Morgan fingerprint density at radius 3 is 2.84 bits per heavy atom. The lowest BCUT2D eigenvalue weighted by Crippen LogP contribution is -2.24. The lowest BCUT2D eigenvalue weighted by atomic mass is 10.2. The standard InChI is InChI=1S/C22H20ClN3O3S2/c1-12-6-7-15(23)9-17(12)24-18(27)11-30-22-25-20-19(13(2)14(3)31-20)21(28)26(22)10-16-5-4-8-29-16/h4-9H,10-11H2,1-3H3,(H,24,27). The van der Waals surface area contributed by atoms with Crippen LogP contribution < -0.4 is 10.9 Å². The van der Waals surface area contributed by atoms with Crippen LogP contribution in [0.2, 0.25) is 5.02 Å². The molecule has 0 aliphatic carbocycles. The second-order valence-electron chi connectivity index (χ2n) is 7.12. The molecule has 0 atom stereocenters. The quantitative estimate of drug-likeness (QED) is 0.299. The van der Waals surface area contributed by atoms with Crippen LogP contribution >= 0.6 is 34.7 Å². The van der Waals surface area contributed by atoms with Crippen LogP contribution in [0.3, 0.4) is 0 Å². The molecule has 0 bridgehead atoms. The zero-order valence-corrected chi connectivity index (χ0v) is 19.6. The molecule has 3 heterocycles. The van der Waals surface area contributed by atoms with Gasteiger partial charge in [0.2, 0.25) is 5.91 Å². The van der Waals surface area contributed by atoms with Crippen molar-refractivity contribution in [3.05, 3.63) is 73.7 Å². The number of hydrogen-bond donors (Lipinski definition) is 1. The summed E-state index contributed by atoms with van der Waals surface area (Å²) in [6.07, 6.45) is 1.57. The minimum Gasteiger partial charge on any atom is -0.467 e. The molecule has 4 aromatic rings. The number of thioether (sulfide) groups is 1. The van der Waals surface area contributed by atoms with Crippen LogP contribution in [0, 0.1) is 20.8 Å². The van der Waals surface area contributed by atoms with Gasteiger partial charge in [0, 0.05) is 15.6 Å². The molecule has 0 aliphatic rings. The number of aromatic nitrogens is 2. The number of anilines is 1. The summed E-state index contributed by atoms with van der Waals surface area (Å²) in [5.74, 6) is 0.548. The number of benzene rings is 1. The van der Waals surface area contributed by atoms with E-state index in [4.69, 9.17) is 21.0 Å². The van der Waals surface area contributed by atoms with Gasteiger partial charge in [-0.1, -0.05) is 29.4 Å². The van der Waals surface area contributed by atoms with Crippen molar-refractivity contribution in [2.24, 2.45) is 0 Å². The molecule has 4 rings (SSSR count). The molecule has 160 valence electrons. The molecule has 1 amide bonds. The number of aryl methyl sites for hydroxylation is 3. The van der Waals surface area contributed by atoms with Gasteiger partial charge in [0.1, 0.15) is 10.6 Å².